The minimum Gasteiger partial charge on any atom is -0.762 e. The molecule has 2 fully saturated rings. The first kappa shape index (κ1) is 15.9. The summed E-state index contributed by atoms with van der Waals surface area (Å²) in [6.07, 6.45) is 6.43. The van der Waals surface area contributed by atoms with Crippen molar-refractivity contribution >= 4 is 5.78 Å². The van der Waals surface area contributed by atoms with Gasteiger partial charge in [-0.15, -0.1) is 0 Å². The van der Waals surface area contributed by atoms with Gasteiger partial charge in [0.25, 0.3) is 0 Å². The van der Waals surface area contributed by atoms with Crippen LogP contribution in [0.1, 0.15) is 51.9 Å². The standard InChI is InChI=1S/C15H27N2O3/c1-2-12-7-9-16(10-8-12)11-15(18)13-3-5-14(6-4-13)17(19)20/h12-14,19H,2-11H2,1H3/q-1. The van der Waals surface area contributed by atoms with E-state index >= 15 is 0 Å². The molecule has 0 amide bonds. The normalized spacial score (nSPS) is 29.8. The Bertz CT molecular complexity index is 306. The van der Waals surface area contributed by atoms with E-state index in [1.54, 1.807) is 0 Å². The molecule has 0 aromatic heterocycles. The van der Waals surface area contributed by atoms with Crippen molar-refractivity contribution in [1.29, 1.82) is 0 Å². The zero-order valence-corrected chi connectivity index (χ0v) is 12.5. The highest BCUT2D eigenvalue weighted by Gasteiger charge is 2.28. The predicted octanol–water partition coefficient (Wildman–Crippen LogP) is 2.43. The molecule has 5 heteroatoms. The molecule has 0 spiro atoms. The smallest absolute Gasteiger partial charge is 0.149 e. The molecule has 1 heterocycles. The maximum atomic E-state index is 12.3. The zero-order valence-electron chi connectivity index (χ0n) is 12.5. The van der Waals surface area contributed by atoms with Crippen LogP contribution >= 0.6 is 0 Å². The molecule has 0 aromatic rings. The number of hydrogen-bond donors (Lipinski definition) is 1. The summed E-state index contributed by atoms with van der Waals surface area (Å²) in [5.74, 6) is 1.26. The number of Topliss-reactive ketones (excluding diaryl/α,β-unsaturated/α-hetero) is 1. The van der Waals surface area contributed by atoms with Crippen LogP contribution in [0.15, 0.2) is 0 Å². The van der Waals surface area contributed by atoms with Crippen molar-refractivity contribution in [3.8, 4) is 0 Å². The Morgan fingerprint density at radius 1 is 1.20 bits per heavy atom. The van der Waals surface area contributed by atoms with E-state index in [1.165, 1.54) is 19.3 Å². The largest absolute Gasteiger partial charge is 0.762 e. The third-order valence-electron chi connectivity index (χ3n) is 5.13. The number of carbonyl (C=O) groups excluding carboxylic acids is 1. The van der Waals surface area contributed by atoms with Gasteiger partial charge in [0.05, 0.1) is 6.54 Å². The monoisotopic (exact) mass is 283 g/mol. The number of hydroxylamine groups is 2. The molecule has 1 N–H and O–H groups in total. The van der Waals surface area contributed by atoms with Crippen LogP contribution in [-0.4, -0.2) is 46.8 Å². The Morgan fingerprint density at radius 3 is 2.30 bits per heavy atom. The second-order valence-corrected chi connectivity index (χ2v) is 6.40. The maximum absolute atomic E-state index is 12.3. The summed E-state index contributed by atoms with van der Waals surface area (Å²) in [5.41, 5.74) is 0. The van der Waals surface area contributed by atoms with Crippen molar-refractivity contribution in [3.05, 3.63) is 5.21 Å². The van der Waals surface area contributed by atoms with Crippen LogP contribution in [0.5, 0.6) is 0 Å². The van der Waals surface area contributed by atoms with Crippen LogP contribution in [0.25, 0.3) is 0 Å². The summed E-state index contributed by atoms with van der Waals surface area (Å²) in [4.78, 5) is 14.6. The van der Waals surface area contributed by atoms with Gasteiger partial charge in [0.1, 0.15) is 5.78 Å². The predicted molar refractivity (Wildman–Crippen MR) is 77.2 cm³/mol. The van der Waals surface area contributed by atoms with Gasteiger partial charge in [-0.3, -0.25) is 14.9 Å². The molecule has 5 nitrogen and oxygen atoms in total. The first-order chi connectivity index (χ1) is 9.60. The highest BCUT2D eigenvalue weighted by atomic mass is 16.8. The minimum atomic E-state index is -0.306. The van der Waals surface area contributed by atoms with Crippen molar-refractivity contribution in [3.63, 3.8) is 0 Å². The number of piperidine rings is 1. The second kappa shape index (κ2) is 7.50. The Balaban J connectivity index is 1.71. The van der Waals surface area contributed by atoms with E-state index in [4.69, 9.17) is 5.21 Å². The van der Waals surface area contributed by atoms with Gasteiger partial charge in [0.15, 0.2) is 0 Å². The number of carbonyl (C=O) groups is 1. The van der Waals surface area contributed by atoms with Crippen molar-refractivity contribution < 1.29 is 10.0 Å². The fourth-order valence-electron chi connectivity index (χ4n) is 3.52. The highest BCUT2D eigenvalue weighted by molar-refractivity contribution is 5.83. The summed E-state index contributed by atoms with van der Waals surface area (Å²) in [6, 6.07) is -0.306. The molecule has 0 unspecified atom stereocenters. The van der Waals surface area contributed by atoms with Gasteiger partial charge in [0.2, 0.25) is 0 Å². The third-order valence-corrected chi connectivity index (χ3v) is 5.13. The average Bonchev–Trinajstić information content (AvgIpc) is 2.48. The molecule has 2 rings (SSSR count). The van der Waals surface area contributed by atoms with Gasteiger partial charge < -0.3 is 10.4 Å². The molecule has 1 aliphatic carbocycles. The van der Waals surface area contributed by atoms with E-state index in [1.807, 2.05) is 0 Å². The number of ketones is 1. The van der Waals surface area contributed by atoms with Crippen LogP contribution in [0.3, 0.4) is 0 Å². The van der Waals surface area contributed by atoms with Crippen molar-refractivity contribution in [1.82, 2.24) is 10.1 Å². The van der Waals surface area contributed by atoms with E-state index in [2.05, 4.69) is 11.8 Å². The maximum Gasteiger partial charge on any atom is 0.149 e. The molecular weight excluding hydrogens is 256 g/mol. The molecule has 0 bridgehead atoms. The van der Waals surface area contributed by atoms with Gasteiger partial charge in [-0.25, -0.2) is 0 Å². The topological polar surface area (TPSA) is 66.8 Å². The Morgan fingerprint density at radius 2 is 1.80 bits per heavy atom. The number of likely N-dealkylation sites (tertiary alicyclic amines) is 1. The average molecular weight is 283 g/mol. The van der Waals surface area contributed by atoms with Crippen LogP contribution in [-0.2, 0) is 4.79 Å². The number of hydrogen-bond acceptors (Lipinski definition) is 5. The lowest BCUT2D eigenvalue weighted by Crippen LogP contribution is -2.41. The van der Waals surface area contributed by atoms with Crippen LogP contribution in [0, 0.1) is 17.0 Å². The summed E-state index contributed by atoms with van der Waals surface area (Å²) >= 11 is 0. The fraction of sp³-hybridized carbons (Fsp3) is 0.933. The lowest BCUT2D eigenvalue weighted by atomic mass is 9.83. The van der Waals surface area contributed by atoms with Gasteiger partial charge >= 0.3 is 0 Å². The zero-order chi connectivity index (χ0) is 14.5. The molecule has 2 aliphatic rings. The van der Waals surface area contributed by atoms with E-state index in [0.29, 0.717) is 25.2 Å². The van der Waals surface area contributed by atoms with Crippen LogP contribution < -0.4 is 0 Å². The quantitative estimate of drug-likeness (QED) is 0.785. The SMILES string of the molecule is CCC1CCN(CC(=O)C2CCC(N([O-])O)CC2)CC1. The lowest BCUT2D eigenvalue weighted by molar-refractivity contribution is -0.128. The second-order valence-electron chi connectivity index (χ2n) is 6.40. The van der Waals surface area contributed by atoms with Gasteiger partial charge in [-0.05, 0) is 57.5 Å². The first-order valence-electron chi connectivity index (χ1n) is 8.00. The summed E-state index contributed by atoms with van der Waals surface area (Å²) in [6.45, 7) is 4.91. The summed E-state index contributed by atoms with van der Waals surface area (Å²) in [7, 11) is 0. The molecule has 20 heavy (non-hydrogen) atoms. The van der Waals surface area contributed by atoms with Crippen molar-refractivity contribution in [2.45, 2.75) is 57.9 Å². The molecule has 116 valence electrons. The van der Waals surface area contributed by atoms with Crippen molar-refractivity contribution in [2.24, 2.45) is 11.8 Å². The van der Waals surface area contributed by atoms with Gasteiger partial charge in [-0.1, -0.05) is 13.3 Å². The van der Waals surface area contributed by atoms with Crippen molar-refractivity contribution in [2.75, 3.05) is 19.6 Å². The van der Waals surface area contributed by atoms with E-state index in [0.717, 1.165) is 31.8 Å². The minimum absolute atomic E-state index is 0.0657. The van der Waals surface area contributed by atoms with Crippen LogP contribution in [0.4, 0.5) is 0 Å². The van der Waals surface area contributed by atoms with Gasteiger partial charge in [0, 0.05) is 12.0 Å². The van der Waals surface area contributed by atoms with Crippen LogP contribution in [0.2, 0.25) is 0 Å². The van der Waals surface area contributed by atoms with Gasteiger partial charge in [-0.2, -0.15) is 0 Å². The van der Waals surface area contributed by atoms with E-state index in [9.17, 15) is 10.0 Å². The lowest BCUT2D eigenvalue weighted by Gasteiger charge is -2.37. The summed E-state index contributed by atoms with van der Waals surface area (Å²) < 4.78 is 0. The van der Waals surface area contributed by atoms with E-state index < -0.39 is 0 Å². The van der Waals surface area contributed by atoms with E-state index in [-0.39, 0.29) is 17.2 Å². The third kappa shape index (κ3) is 4.25. The fourth-order valence-corrected chi connectivity index (χ4v) is 3.52. The highest BCUT2D eigenvalue weighted by Crippen LogP contribution is 2.28. The molecule has 0 aromatic carbocycles. The Labute approximate surface area is 121 Å². The Hall–Kier alpha value is -0.490. The molecule has 0 atom stereocenters. The molecule has 1 saturated carbocycles. The Kier molecular flexibility index (Phi) is 5.96. The number of rotatable bonds is 5. The molecule has 1 aliphatic heterocycles. The first-order valence-corrected chi connectivity index (χ1v) is 8.00. The molecular formula is C15H27N2O3-. The number of nitrogens with zero attached hydrogens (tertiary/aromatic N) is 2. The summed E-state index contributed by atoms with van der Waals surface area (Å²) in [5, 5.41) is 19.8. The molecule has 0 radical (unpaired) electrons. The molecule has 1 saturated heterocycles.